The SMILES string of the molecule is O=C(N[C@H](c1ccccc1)c1ccccn1)[C@@H]1COc2ccccc2O1. The minimum atomic E-state index is -0.708. The summed E-state index contributed by atoms with van der Waals surface area (Å²) >= 11 is 0. The fourth-order valence-electron chi connectivity index (χ4n) is 2.90. The van der Waals surface area contributed by atoms with E-state index in [2.05, 4.69) is 10.3 Å². The highest BCUT2D eigenvalue weighted by atomic mass is 16.6. The number of nitrogens with one attached hydrogen (secondary N) is 1. The van der Waals surface area contributed by atoms with E-state index in [9.17, 15) is 4.79 Å². The van der Waals surface area contributed by atoms with Crippen LogP contribution in [-0.4, -0.2) is 23.6 Å². The number of pyridine rings is 1. The Hall–Kier alpha value is -3.34. The lowest BCUT2D eigenvalue weighted by atomic mass is 10.0. The summed E-state index contributed by atoms with van der Waals surface area (Å²) in [4.78, 5) is 17.2. The van der Waals surface area contributed by atoms with E-state index in [1.54, 1.807) is 12.3 Å². The van der Waals surface area contributed by atoms with Crippen molar-refractivity contribution in [1.82, 2.24) is 10.3 Å². The van der Waals surface area contributed by atoms with Crippen molar-refractivity contribution in [3.05, 3.63) is 90.3 Å². The van der Waals surface area contributed by atoms with E-state index < -0.39 is 6.10 Å². The number of hydrogen-bond acceptors (Lipinski definition) is 4. The molecular weight excluding hydrogens is 328 g/mol. The van der Waals surface area contributed by atoms with E-state index in [0.29, 0.717) is 11.5 Å². The average Bonchev–Trinajstić information content (AvgIpc) is 2.72. The predicted molar refractivity (Wildman–Crippen MR) is 97.0 cm³/mol. The number of amides is 1. The van der Waals surface area contributed by atoms with Gasteiger partial charge in [0.25, 0.3) is 5.91 Å². The number of ether oxygens (including phenoxy) is 2. The first-order valence-electron chi connectivity index (χ1n) is 8.46. The zero-order valence-electron chi connectivity index (χ0n) is 14.0. The van der Waals surface area contributed by atoms with Crippen molar-refractivity contribution in [2.45, 2.75) is 12.1 Å². The molecule has 0 saturated carbocycles. The Morgan fingerprint density at radius 3 is 2.46 bits per heavy atom. The molecule has 2 heterocycles. The summed E-state index contributed by atoms with van der Waals surface area (Å²) in [6, 6.07) is 22.4. The molecule has 0 aliphatic carbocycles. The molecule has 0 spiro atoms. The van der Waals surface area contributed by atoms with Crippen LogP contribution in [0.1, 0.15) is 17.3 Å². The number of benzene rings is 2. The number of carbonyl (C=O) groups excluding carboxylic acids is 1. The number of para-hydroxylation sites is 2. The summed E-state index contributed by atoms with van der Waals surface area (Å²) in [5.41, 5.74) is 1.72. The van der Waals surface area contributed by atoms with Crippen LogP contribution < -0.4 is 14.8 Å². The van der Waals surface area contributed by atoms with Gasteiger partial charge in [0, 0.05) is 6.20 Å². The van der Waals surface area contributed by atoms with Gasteiger partial charge in [-0.3, -0.25) is 9.78 Å². The number of aromatic nitrogens is 1. The minimum Gasteiger partial charge on any atom is -0.485 e. The second-order valence-electron chi connectivity index (χ2n) is 5.97. The van der Waals surface area contributed by atoms with E-state index in [4.69, 9.17) is 9.47 Å². The van der Waals surface area contributed by atoms with E-state index >= 15 is 0 Å². The van der Waals surface area contributed by atoms with Crippen LogP contribution in [0.5, 0.6) is 11.5 Å². The lowest BCUT2D eigenvalue weighted by Crippen LogP contribution is -2.45. The van der Waals surface area contributed by atoms with Gasteiger partial charge >= 0.3 is 0 Å². The van der Waals surface area contributed by atoms with Gasteiger partial charge in [0.2, 0.25) is 6.10 Å². The normalized spacial score (nSPS) is 16.5. The molecule has 0 radical (unpaired) electrons. The van der Waals surface area contributed by atoms with E-state index in [1.165, 1.54) is 0 Å². The lowest BCUT2D eigenvalue weighted by Gasteiger charge is -2.27. The summed E-state index contributed by atoms with van der Waals surface area (Å²) in [7, 11) is 0. The summed E-state index contributed by atoms with van der Waals surface area (Å²) < 4.78 is 11.5. The molecule has 4 rings (SSSR count). The smallest absolute Gasteiger partial charge is 0.265 e. The number of rotatable bonds is 4. The van der Waals surface area contributed by atoms with Crippen molar-refractivity contribution in [2.24, 2.45) is 0 Å². The highest BCUT2D eigenvalue weighted by Crippen LogP contribution is 2.31. The molecule has 26 heavy (non-hydrogen) atoms. The van der Waals surface area contributed by atoms with Gasteiger partial charge in [0.1, 0.15) is 6.61 Å². The Kier molecular flexibility index (Phi) is 4.51. The lowest BCUT2D eigenvalue weighted by molar-refractivity contribution is -0.130. The zero-order chi connectivity index (χ0) is 17.8. The average molecular weight is 346 g/mol. The Morgan fingerprint density at radius 1 is 0.962 bits per heavy atom. The molecule has 1 aliphatic rings. The Morgan fingerprint density at radius 2 is 1.69 bits per heavy atom. The van der Waals surface area contributed by atoms with Crippen LogP contribution in [0.15, 0.2) is 79.0 Å². The van der Waals surface area contributed by atoms with Gasteiger partial charge in [-0.15, -0.1) is 0 Å². The maximum absolute atomic E-state index is 12.8. The molecule has 130 valence electrons. The molecule has 0 unspecified atom stereocenters. The molecule has 3 aromatic rings. The van der Waals surface area contributed by atoms with Crippen molar-refractivity contribution in [2.75, 3.05) is 6.61 Å². The molecule has 1 amide bonds. The quantitative estimate of drug-likeness (QED) is 0.788. The monoisotopic (exact) mass is 346 g/mol. The summed E-state index contributed by atoms with van der Waals surface area (Å²) in [5, 5.41) is 3.04. The van der Waals surface area contributed by atoms with Crippen LogP contribution in [0.3, 0.4) is 0 Å². The second kappa shape index (κ2) is 7.27. The van der Waals surface area contributed by atoms with Gasteiger partial charge in [0.15, 0.2) is 11.5 Å². The first kappa shape index (κ1) is 16.1. The molecule has 0 fully saturated rings. The molecular formula is C21H18N2O3. The third kappa shape index (κ3) is 3.37. The number of fused-ring (bicyclic) bond motifs is 1. The van der Waals surface area contributed by atoms with Crippen LogP contribution in [-0.2, 0) is 4.79 Å². The van der Waals surface area contributed by atoms with Crippen LogP contribution in [0.25, 0.3) is 0 Å². The van der Waals surface area contributed by atoms with Gasteiger partial charge in [0.05, 0.1) is 11.7 Å². The van der Waals surface area contributed by atoms with E-state index in [-0.39, 0.29) is 18.6 Å². The summed E-state index contributed by atoms with van der Waals surface area (Å²) in [6.45, 7) is 0.173. The van der Waals surface area contributed by atoms with Crippen LogP contribution >= 0.6 is 0 Å². The van der Waals surface area contributed by atoms with Crippen LogP contribution in [0, 0.1) is 0 Å². The third-order valence-electron chi connectivity index (χ3n) is 4.20. The van der Waals surface area contributed by atoms with Gasteiger partial charge in [-0.2, -0.15) is 0 Å². The molecule has 5 nitrogen and oxygen atoms in total. The molecule has 1 aliphatic heterocycles. The van der Waals surface area contributed by atoms with Crippen LogP contribution in [0.4, 0.5) is 0 Å². The topological polar surface area (TPSA) is 60.5 Å². The summed E-state index contributed by atoms with van der Waals surface area (Å²) in [5.74, 6) is 0.993. The first-order valence-corrected chi connectivity index (χ1v) is 8.46. The Balaban J connectivity index is 1.56. The van der Waals surface area contributed by atoms with Crippen molar-refractivity contribution >= 4 is 5.91 Å². The molecule has 0 saturated heterocycles. The van der Waals surface area contributed by atoms with Crippen molar-refractivity contribution in [3.8, 4) is 11.5 Å². The largest absolute Gasteiger partial charge is 0.485 e. The van der Waals surface area contributed by atoms with Gasteiger partial charge in [-0.05, 0) is 29.8 Å². The molecule has 2 aromatic carbocycles. The highest BCUT2D eigenvalue weighted by molar-refractivity contribution is 5.82. The molecule has 0 bridgehead atoms. The van der Waals surface area contributed by atoms with Crippen LogP contribution in [0.2, 0.25) is 0 Å². The Bertz CT molecular complexity index is 845. The number of carbonyl (C=O) groups is 1. The van der Waals surface area contributed by atoms with Crippen molar-refractivity contribution in [3.63, 3.8) is 0 Å². The van der Waals surface area contributed by atoms with Gasteiger partial charge in [-0.1, -0.05) is 48.5 Å². The molecule has 1 aromatic heterocycles. The fourth-order valence-corrected chi connectivity index (χ4v) is 2.90. The van der Waals surface area contributed by atoms with Crippen molar-refractivity contribution < 1.29 is 14.3 Å². The summed E-state index contributed by atoms with van der Waals surface area (Å²) in [6.07, 6.45) is 1.01. The maximum atomic E-state index is 12.8. The fraction of sp³-hybridized carbons (Fsp3) is 0.143. The predicted octanol–water partition coefficient (Wildman–Crippen LogP) is 3.13. The third-order valence-corrected chi connectivity index (χ3v) is 4.20. The molecule has 1 N–H and O–H groups in total. The highest BCUT2D eigenvalue weighted by Gasteiger charge is 2.29. The molecule has 5 heteroatoms. The number of hydrogen-bond donors (Lipinski definition) is 1. The number of nitrogens with zero attached hydrogens (tertiary/aromatic N) is 1. The van der Waals surface area contributed by atoms with Gasteiger partial charge < -0.3 is 14.8 Å². The second-order valence-corrected chi connectivity index (χ2v) is 5.97. The zero-order valence-corrected chi connectivity index (χ0v) is 14.0. The van der Waals surface area contributed by atoms with Gasteiger partial charge in [-0.25, -0.2) is 0 Å². The molecule has 2 atom stereocenters. The standard InChI is InChI=1S/C21H18N2O3/c24-21(19-14-25-17-11-4-5-12-18(17)26-19)23-20(15-8-2-1-3-9-15)16-10-6-7-13-22-16/h1-13,19-20H,14H2,(H,23,24)/t19-,20+/m0/s1. The van der Waals surface area contributed by atoms with Crippen molar-refractivity contribution in [1.29, 1.82) is 0 Å². The maximum Gasteiger partial charge on any atom is 0.265 e. The van der Waals surface area contributed by atoms with E-state index in [1.807, 2.05) is 66.7 Å². The minimum absolute atomic E-state index is 0.173. The first-order chi connectivity index (χ1) is 12.8. The Labute approximate surface area is 151 Å². The van der Waals surface area contributed by atoms with E-state index in [0.717, 1.165) is 11.3 Å².